The van der Waals surface area contributed by atoms with Gasteiger partial charge in [-0.05, 0) is 55.0 Å². The van der Waals surface area contributed by atoms with Crippen LogP contribution in [-0.2, 0) is 26.2 Å². The Balaban J connectivity index is 2.04. The Morgan fingerprint density at radius 3 is 2.22 bits per heavy atom. The standard InChI is InChI=1S/C26H27Cl2N3O5S/c1-18(26(33)29-2)30(16-19-9-12-21(36-3)13-10-19)25(32)17-31(24-14-11-20(27)15-23(24)28)37(34,35)22-7-5-4-6-8-22/h4-15,18H,16-17H2,1-3H3,(H,29,33)/t18-/m0/s1. The summed E-state index contributed by atoms with van der Waals surface area (Å²) >= 11 is 12.4. The molecular weight excluding hydrogens is 537 g/mol. The number of carbonyl (C=O) groups is 2. The summed E-state index contributed by atoms with van der Waals surface area (Å²) in [7, 11) is -1.20. The second kappa shape index (κ2) is 12.3. The first-order valence-electron chi connectivity index (χ1n) is 11.2. The molecule has 37 heavy (non-hydrogen) atoms. The Morgan fingerprint density at radius 1 is 1.00 bits per heavy atom. The highest BCUT2D eigenvalue weighted by Gasteiger charge is 2.33. The first-order valence-corrected chi connectivity index (χ1v) is 13.4. The molecule has 0 aromatic heterocycles. The number of benzene rings is 3. The number of ether oxygens (including phenoxy) is 1. The van der Waals surface area contributed by atoms with Gasteiger partial charge in [0.25, 0.3) is 10.0 Å². The van der Waals surface area contributed by atoms with Crippen molar-refractivity contribution < 1.29 is 22.7 Å². The van der Waals surface area contributed by atoms with Crippen LogP contribution in [0, 0.1) is 0 Å². The number of likely N-dealkylation sites (N-methyl/N-ethyl adjacent to an activating group) is 1. The van der Waals surface area contributed by atoms with E-state index in [0.717, 1.165) is 9.87 Å². The second-order valence-corrected chi connectivity index (χ2v) is 10.8. The Labute approximate surface area is 226 Å². The Hall–Kier alpha value is -3.27. The fraction of sp³-hybridized carbons (Fsp3) is 0.231. The smallest absolute Gasteiger partial charge is 0.264 e. The van der Waals surface area contributed by atoms with E-state index in [1.54, 1.807) is 56.5 Å². The number of carbonyl (C=O) groups excluding carboxylic acids is 2. The molecule has 3 aromatic carbocycles. The number of halogens is 2. The SMILES string of the molecule is CNC(=O)[C@H](C)N(Cc1ccc(OC)cc1)C(=O)CN(c1ccc(Cl)cc1Cl)S(=O)(=O)c1ccccc1. The van der Waals surface area contributed by atoms with Crippen molar-refractivity contribution in [3.8, 4) is 5.75 Å². The van der Waals surface area contributed by atoms with Crippen LogP contribution < -0.4 is 14.4 Å². The number of sulfonamides is 1. The van der Waals surface area contributed by atoms with Gasteiger partial charge >= 0.3 is 0 Å². The van der Waals surface area contributed by atoms with Gasteiger partial charge in [-0.25, -0.2) is 8.42 Å². The van der Waals surface area contributed by atoms with E-state index in [2.05, 4.69) is 5.32 Å². The van der Waals surface area contributed by atoms with E-state index in [1.807, 2.05) is 0 Å². The number of hydrogen-bond acceptors (Lipinski definition) is 5. The summed E-state index contributed by atoms with van der Waals surface area (Å²) in [6.45, 7) is 1.03. The summed E-state index contributed by atoms with van der Waals surface area (Å²) in [4.78, 5) is 27.5. The zero-order valence-electron chi connectivity index (χ0n) is 20.5. The quantitative estimate of drug-likeness (QED) is 0.395. The van der Waals surface area contributed by atoms with Crippen LogP contribution in [-0.4, -0.2) is 51.9 Å². The molecule has 11 heteroatoms. The predicted molar refractivity (Wildman–Crippen MR) is 145 cm³/mol. The first-order chi connectivity index (χ1) is 17.6. The number of amides is 2. The van der Waals surface area contributed by atoms with Crippen molar-refractivity contribution in [2.24, 2.45) is 0 Å². The monoisotopic (exact) mass is 563 g/mol. The van der Waals surface area contributed by atoms with Crippen LogP contribution >= 0.6 is 23.2 Å². The number of anilines is 1. The summed E-state index contributed by atoms with van der Waals surface area (Å²) in [5, 5.41) is 2.91. The van der Waals surface area contributed by atoms with Gasteiger partial charge in [-0.1, -0.05) is 53.5 Å². The van der Waals surface area contributed by atoms with Gasteiger partial charge in [0.05, 0.1) is 22.7 Å². The lowest BCUT2D eigenvalue weighted by molar-refractivity contribution is -0.139. The normalized spacial score (nSPS) is 11.9. The van der Waals surface area contributed by atoms with Crippen LogP contribution in [0.25, 0.3) is 0 Å². The largest absolute Gasteiger partial charge is 0.497 e. The van der Waals surface area contributed by atoms with Gasteiger partial charge in [0.15, 0.2) is 0 Å². The van der Waals surface area contributed by atoms with Gasteiger partial charge in [-0.15, -0.1) is 0 Å². The third-order valence-corrected chi connectivity index (χ3v) is 8.03. The number of methoxy groups -OCH3 is 1. The van der Waals surface area contributed by atoms with Crippen molar-refractivity contribution in [2.45, 2.75) is 24.4 Å². The van der Waals surface area contributed by atoms with Gasteiger partial charge in [-0.2, -0.15) is 0 Å². The Kier molecular flexibility index (Phi) is 9.42. The molecule has 8 nitrogen and oxygen atoms in total. The molecule has 0 spiro atoms. The second-order valence-electron chi connectivity index (χ2n) is 8.08. The molecule has 0 saturated heterocycles. The van der Waals surface area contributed by atoms with Crippen molar-refractivity contribution in [1.82, 2.24) is 10.2 Å². The Bertz CT molecular complexity index is 1350. The van der Waals surface area contributed by atoms with Crippen LogP contribution in [0.15, 0.2) is 77.7 Å². The number of nitrogens with one attached hydrogen (secondary N) is 1. The summed E-state index contributed by atoms with van der Waals surface area (Å²) < 4.78 is 33.5. The molecule has 196 valence electrons. The van der Waals surface area contributed by atoms with E-state index in [-0.39, 0.29) is 22.2 Å². The lowest BCUT2D eigenvalue weighted by Gasteiger charge is -2.32. The van der Waals surface area contributed by atoms with E-state index < -0.39 is 34.4 Å². The third-order valence-electron chi connectivity index (χ3n) is 5.71. The molecular formula is C26H27Cl2N3O5S. The number of rotatable bonds is 10. The maximum atomic E-state index is 13.7. The minimum Gasteiger partial charge on any atom is -0.497 e. The van der Waals surface area contributed by atoms with Gasteiger partial charge in [0.2, 0.25) is 11.8 Å². The summed E-state index contributed by atoms with van der Waals surface area (Å²) in [6.07, 6.45) is 0. The average Bonchev–Trinajstić information content (AvgIpc) is 2.90. The maximum absolute atomic E-state index is 13.7. The molecule has 0 radical (unpaired) electrons. The van der Waals surface area contributed by atoms with E-state index >= 15 is 0 Å². The molecule has 0 bridgehead atoms. The van der Waals surface area contributed by atoms with Crippen LogP contribution in [0.5, 0.6) is 5.75 Å². The van der Waals surface area contributed by atoms with Gasteiger partial charge in [0, 0.05) is 18.6 Å². The van der Waals surface area contributed by atoms with Gasteiger partial charge in [-0.3, -0.25) is 13.9 Å². The summed E-state index contributed by atoms with van der Waals surface area (Å²) in [5.74, 6) is -0.361. The summed E-state index contributed by atoms with van der Waals surface area (Å²) in [6, 6.07) is 18.2. The van der Waals surface area contributed by atoms with Crippen LogP contribution in [0.3, 0.4) is 0 Å². The fourth-order valence-electron chi connectivity index (χ4n) is 3.64. The highest BCUT2D eigenvalue weighted by molar-refractivity contribution is 7.92. The number of nitrogens with zero attached hydrogens (tertiary/aromatic N) is 2. The lowest BCUT2D eigenvalue weighted by atomic mass is 10.1. The maximum Gasteiger partial charge on any atom is 0.264 e. The Morgan fingerprint density at radius 2 is 1.65 bits per heavy atom. The van der Waals surface area contributed by atoms with E-state index in [9.17, 15) is 18.0 Å². The highest BCUT2D eigenvalue weighted by atomic mass is 35.5. The van der Waals surface area contributed by atoms with E-state index in [0.29, 0.717) is 10.8 Å². The molecule has 0 aliphatic heterocycles. The minimum absolute atomic E-state index is 0.0186. The summed E-state index contributed by atoms with van der Waals surface area (Å²) in [5.41, 5.74) is 0.812. The van der Waals surface area contributed by atoms with E-state index in [1.165, 1.54) is 42.3 Å². The zero-order valence-corrected chi connectivity index (χ0v) is 22.8. The molecule has 1 atom stereocenters. The minimum atomic E-state index is -4.21. The van der Waals surface area contributed by atoms with Gasteiger partial charge < -0.3 is 15.0 Å². The van der Waals surface area contributed by atoms with Crippen LogP contribution in [0.2, 0.25) is 10.0 Å². The molecule has 1 N–H and O–H groups in total. The molecule has 0 unspecified atom stereocenters. The van der Waals surface area contributed by atoms with Crippen molar-refractivity contribution >= 4 is 50.7 Å². The lowest BCUT2D eigenvalue weighted by Crippen LogP contribution is -2.50. The van der Waals surface area contributed by atoms with E-state index in [4.69, 9.17) is 27.9 Å². The third kappa shape index (κ3) is 6.74. The molecule has 2 amide bonds. The highest BCUT2D eigenvalue weighted by Crippen LogP contribution is 2.33. The van der Waals surface area contributed by atoms with Crippen LogP contribution in [0.4, 0.5) is 5.69 Å². The molecule has 0 aliphatic carbocycles. The van der Waals surface area contributed by atoms with Crippen molar-refractivity contribution in [1.29, 1.82) is 0 Å². The van der Waals surface area contributed by atoms with Crippen LogP contribution in [0.1, 0.15) is 12.5 Å². The molecule has 0 saturated carbocycles. The van der Waals surface area contributed by atoms with Crippen molar-refractivity contribution in [3.05, 3.63) is 88.4 Å². The molecule has 0 heterocycles. The fourth-order valence-corrected chi connectivity index (χ4v) is 5.65. The van der Waals surface area contributed by atoms with Crippen molar-refractivity contribution in [2.75, 3.05) is 25.0 Å². The topological polar surface area (TPSA) is 96.0 Å². The first kappa shape index (κ1) is 28.3. The van der Waals surface area contributed by atoms with Crippen molar-refractivity contribution in [3.63, 3.8) is 0 Å². The zero-order chi connectivity index (χ0) is 27.2. The molecule has 0 aliphatic rings. The average molecular weight is 564 g/mol. The van der Waals surface area contributed by atoms with Gasteiger partial charge in [0.1, 0.15) is 18.3 Å². The predicted octanol–water partition coefficient (Wildman–Crippen LogP) is 4.36. The number of hydrogen-bond donors (Lipinski definition) is 1. The molecule has 3 rings (SSSR count). The molecule has 3 aromatic rings. The molecule has 0 fully saturated rings.